The molecule has 33 atom stereocenters. The standard InChI is InChI=1S/C70H111N7O39S/c1-28(84)74-45-51(93)59(113-68-57(99)61(49(91)37(21-80)109-68)115-66-55(97)53(95)47(89)35(19-78)107-66)39(23-82)111-64(45)103-14-6-5-8-31(86)25-105-32-16-30(63(101)73-13-12-72-42(87)10-4-3-9-41-44-34(27-117-41)76-70(102)77-44)17-33(18-32)106-26-43(88)71-11-7-15-104-65-46(75-29(2)85)52(94)60(40(24-83)112-65)114-69-58(100)62(50(92)38(22-81)110-69)116-67-56(98)54(96)48(90)36(20-79)108-67/h16-18,34-41,44-62,64-69,78-83,89-100H,3-15,19-27H2,1-2H3,(H,71,88)(H,72,87)(H,73,101)(H,74,84)(H,75,85)(H2,76,77,102)/t34-,35?,36?,37?,38?,39?,40?,41-,44-,45?,46?,47-,48-,49-,50-,51+,52+,53?,54?,55-,56-,57?,58?,59+,60+,61-,62-,64+,65+,66+,67+,68-,69-/m0/s1. The summed E-state index contributed by atoms with van der Waals surface area (Å²) in [6.07, 6.45) is -46.9. The van der Waals surface area contributed by atoms with E-state index in [1.807, 2.05) is 0 Å². The van der Waals surface area contributed by atoms with Crippen LogP contribution in [0, 0.1) is 0 Å². The van der Waals surface area contributed by atoms with Crippen molar-refractivity contribution < 1.29 is 192 Å². The van der Waals surface area contributed by atoms with E-state index >= 15 is 0 Å². The summed E-state index contributed by atoms with van der Waals surface area (Å²) < 4.78 is 80.4. The number of benzene rings is 1. The number of aliphatic hydroxyl groups is 18. The number of carbonyl (C=O) groups is 7. The summed E-state index contributed by atoms with van der Waals surface area (Å²) in [4.78, 5) is 89.9. The van der Waals surface area contributed by atoms with E-state index in [9.17, 15) is 125 Å². The van der Waals surface area contributed by atoms with Gasteiger partial charge in [0.2, 0.25) is 17.7 Å². The van der Waals surface area contributed by atoms with Crippen LogP contribution in [0.1, 0.15) is 75.6 Å². The summed E-state index contributed by atoms with van der Waals surface area (Å²) in [6.45, 7) is -4.73. The molecule has 0 radical (unpaired) electrons. The summed E-state index contributed by atoms with van der Waals surface area (Å²) >= 11 is 1.77. The lowest BCUT2D eigenvalue weighted by atomic mass is 9.95. The zero-order chi connectivity index (χ0) is 85.1. The molecule has 0 aliphatic carbocycles. The highest BCUT2D eigenvalue weighted by molar-refractivity contribution is 8.00. The molecular formula is C70H111N7O39S. The third-order valence-corrected chi connectivity index (χ3v) is 22.2. The van der Waals surface area contributed by atoms with Gasteiger partial charge in [0.1, 0.15) is 164 Å². The van der Waals surface area contributed by atoms with Crippen LogP contribution in [0.15, 0.2) is 18.2 Å². The Kier molecular flexibility index (Phi) is 36.9. The molecule has 0 aromatic heterocycles. The van der Waals surface area contributed by atoms with E-state index in [1.165, 1.54) is 18.2 Å². The molecule has 1 aromatic rings. The van der Waals surface area contributed by atoms with E-state index in [2.05, 4.69) is 37.2 Å². The number of Topliss-reactive ketones (excluding diaryl/α,β-unsaturated/α-hetero) is 1. The number of ether oxygens (including phenoxy) is 14. The Morgan fingerprint density at radius 1 is 0.436 bits per heavy atom. The minimum Gasteiger partial charge on any atom is -0.486 e. The van der Waals surface area contributed by atoms with Gasteiger partial charge in [0.05, 0.1) is 58.3 Å². The SMILES string of the molecule is CC(=O)NC1[C@H](OCCCCC(=O)COc2cc(OCC(=O)NCCCO[C@@H]3OC(CO)[C@@H](O[C@@H]4OC(CO)[C@H](O)[C@H](O[C@H]5OC(CO)[C@H](O)C(O)[C@@H]5O)C4O)[C@H](O)C3NC(C)=O)cc(C(=O)NCCNC(=O)CCCC[C@@H]3SC[C@@H]4NC(=O)N[C@@H]43)c2)OC(CO)[C@@H](O[C@@H]2OC(CO)[C@H](O)[C@H](O[C@H]3OC(CO)[C@H](O)C(O)[C@@H]3O)C2O)[C@@H]1O. The highest BCUT2D eigenvalue weighted by atomic mass is 32.2. The number of hydrogen-bond donors (Lipinski definition) is 25. The van der Waals surface area contributed by atoms with Crippen molar-refractivity contribution in [3.8, 4) is 11.5 Å². The highest BCUT2D eigenvalue weighted by Gasteiger charge is 2.57. The van der Waals surface area contributed by atoms with Gasteiger partial charge in [-0.05, 0) is 44.2 Å². The van der Waals surface area contributed by atoms with Crippen LogP contribution >= 0.6 is 11.8 Å². The number of urea groups is 1. The van der Waals surface area contributed by atoms with Gasteiger partial charge in [0.15, 0.2) is 50.1 Å². The van der Waals surface area contributed by atoms with Gasteiger partial charge in [-0.15, -0.1) is 0 Å². The van der Waals surface area contributed by atoms with E-state index in [-0.39, 0.29) is 111 Å². The first-order valence-electron chi connectivity index (χ1n) is 38.5. The molecule has 7 amide bonds. The fraction of sp³-hybridized carbons (Fsp3) is 0.814. The van der Waals surface area contributed by atoms with Crippen molar-refractivity contribution in [3.63, 3.8) is 0 Å². The minimum absolute atomic E-state index is 0.0268. The van der Waals surface area contributed by atoms with Crippen LogP contribution in [0.4, 0.5) is 4.79 Å². The molecule has 0 spiro atoms. The Labute approximate surface area is 673 Å². The molecule has 0 saturated carbocycles. The first kappa shape index (κ1) is 95.1. The van der Waals surface area contributed by atoms with E-state index in [0.717, 1.165) is 32.4 Å². The molecule has 46 nitrogen and oxygen atoms in total. The Morgan fingerprint density at radius 2 is 0.863 bits per heavy atom. The lowest BCUT2D eigenvalue weighted by molar-refractivity contribution is -0.376. The summed E-state index contributed by atoms with van der Waals surface area (Å²) in [7, 11) is 0. The molecule has 1 aromatic carbocycles. The molecule has 47 heteroatoms. The molecule has 666 valence electrons. The van der Waals surface area contributed by atoms with Crippen LogP contribution < -0.4 is 46.7 Å². The fourth-order valence-electron chi connectivity index (χ4n) is 14.4. The first-order chi connectivity index (χ1) is 55.9. The zero-order valence-corrected chi connectivity index (χ0v) is 64.7. The number of fused-ring (bicyclic) bond motifs is 1. The molecule has 25 N–H and O–H groups in total. The number of rotatable bonds is 42. The van der Waals surface area contributed by atoms with Crippen LogP contribution in [0.3, 0.4) is 0 Å². The number of carbonyl (C=O) groups excluding carboxylic acids is 7. The molecule has 117 heavy (non-hydrogen) atoms. The Hall–Kier alpha value is -5.74. The molecule has 12 unspecified atom stereocenters. The maximum absolute atomic E-state index is 13.7. The van der Waals surface area contributed by atoms with Crippen LogP contribution in [0.25, 0.3) is 0 Å². The quantitative estimate of drug-likeness (QED) is 0.0213. The molecule has 8 fully saturated rings. The van der Waals surface area contributed by atoms with Gasteiger partial charge in [0.25, 0.3) is 11.8 Å². The molecule has 8 heterocycles. The third kappa shape index (κ3) is 25.0. The summed E-state index contributed by atoms with van der Waals surface area (Å²) in [5.74, 6) is -2.75. The average Bonchev–Trinajstić information content (AvgIpc) is 1.66. The van der Waals surface area contributed by atoms with Crippen molar-refractivity contribution >= 4 is 53.1 Å². The second-order valence-electron chi connectivity index (χ2n) is 29.3. The van der Waals surface area contributed by atoms with Crippen molar-refractivity contribution in [1.29, 1.82) is 0 Å². The predicted molar refractivity (Wildman–Crippen MR) is 386 cm³/mol. The number of ketones is 1. The van der Waals surface area contributed by atoms with E-state index < -0.39 is 266 Å². The second-order valence-corrected chi connectivity index (χ2v) is 30.6. The van der Waals surface area contributed by atoms with Crippen LogP contribution in [0.5, 0.6) is 11.5 Å². The smallest absolute Gasteiger partial charge is 0.315 e. The van der Waals surface area contributed by atoms with Crippen molar-refractivity contribution in [1.82, 2.24) is 37.2 Å². The largest absolute Gasteiger partial charge is 0.486 e. The monoisotopic (exact) mass is 1710 g/mol. The normalized spacial score (nSPS) is 38.2. The third-order valence-electron chi connectivity index (χ3n) is 20.7. The highest BCUT2D eigenvalue weighted by Crippen LogP contribution is 2.38. The lowest BCUT2D eigenvalue weighted by Crippen LogP contribution is -2.68. The van der Waals surface area contributed by atoms with Crippen LogP contribution in [-0.4, -0.2) is 426 Å². The number of hydrogen-bond acceptors (Lipinski definition) is 40. The van der Waals surface area contributed by atoms with Gasteiger partial charge >= 0.3 is 6.03 Å². The van der Waals surface area contributed by atoms with Gasteiger partial charge < -0.3 is 195 Å². The maximum atomic E-state index is 13.7. The number of thioether (sulfide) groups is 1. The van der Waals surface area contributed by atoms with Crippen molar-refractivity contribution in [2.75, 3.05) is 91.5 Å². The zero-order valence-electron chi connectivity index (χ0n) is 63.9. The molecule has 0 bridgehead atoms. The number of aliphatic hydroxyl groups excluding tert-OH is 18. The van der Waals surface area contributed by atoms with Crippen LogP contribution in [-0.2, 0) is 80.8 Å². The summed E-state index contributed by atoms with van der Waals surface area (Å²) in [5.41, 5.74) is -0.0496. The summed E-state index contributed by atoms with van der Waals surface area (Å²) in [6, 6.07) is 0.926. The topological polar surface area (TPSA) is 697 Å². The van der Waals surface area contributed by atoms with Crippen molar-refractivity contribution in [2.24, 2.45) is 0 Å². The van der Waals surface area contributed by atoms with Gasteiger partial charge in [0, 0.05) is 75.6 Å². The number of nitrogens with one attached hydrogen (secondary N) is 7. The molecule has 8 aliphatic rings. The van der Waals surface area contributed by atoms with E-state index in [0.29, 0.717) is 6.42 Å². The fourth-order valence-corrected chi connectivity index (χ4v) is 16.0. The lowest BCUT2D eigenvalue weighted by Gasteiger charge is -2.48. The number of unbranched alkanes of at least 4 members (excludes halogenated alkanes) is 2. The minimum atomic E-state index is -2.06. The van der Waals surface area contributed by atoms with Gasteiger partial charge in [-0.25, -0.2) is 4.79 Å². The van der Waals surface area contributed by atoms with Gasteiger partial charge in [-0.3, -0.25) is 28.8 Å². The van der Waals surface area contributed by atoms with Crippen LogP contribution in [0.2, 0.25) is 0 Å². The van der Waals surface area contributed by atoms with Crippen molar-refractivity contribution in [2.45, 2.75) is 267 Å². The van der Waals surface area contributed by atoms with Crippen molar-refractivity contribution in [3.05, 3.63) is 23.8 Å². The Bertz CT molecular complexity index is 3170. The first-order valence-corrected chi connectivity index (χ1v) is 39.5. The van der Waals surface area contributed by atoms with E-state index in [4.69, 9.17) is 66.3 Å². The molecule has 9 rings (SSSR count). The molecule has 8 saturated heterocycles. The molecule has 8 aliphatic heterocycles. The predicted octanol–water partition coefficient (Wildman–Crippen LogP) is -12.5. The second kappa shape index (κ2) is 45.4. The Balaban J connectivity index is 0.757. The van der Waals surface area contributed by atoms with E-state index in [1.54, 1.807) is 11.8 Å². The number of amides is 7. The maximum Gasteiger partial charge on any atom is 0.315 e. The van der Waals surface area contributed by atoms with Gasteiger partial charge in [-0.1, -0.05) is 6.42 Å². The summed E-state index contributed by atoms with van der Waals surface area (Å²) in [5, 5.41) is 210. The average molecular weight is 1710 g/mol. The van der Waals surface area contributed by atoms with Gasteiger partial charge in [-0.2, -0.15) is 11.8 Å². The molecular weight excluding hydrogens is 1590 g/mol. The Morgan fingerprint density at radius 3 is 1.35 bits per heavy atom.